The summed E-state index contributed by atoms with van der Waals surface area (Å²) >= 11 is 0. The van der Waals surface area contributed by atoms with E-state index in [1.807, 2.05) is 0 Å². The molecule has 0 aliphatic heterocycles. The van der Waals surface area contributed by atoms with Crippen LogP contribution in [0.1, 0.15) is 0 Å². The summed E-state index contributed by atoms with van der Waals surface area (Å²) in [6, 6.07) is 0. The fraction of sp³-hybridized carbons (Fsp3) is 0. The van der Waals surface area contributed by atoms with Crippen molar-refractivity contribution in [2.45, 2.75) is 0 Å². The molecule has 0 unspecified atom stereocenters. The molecule has 0 saturated carbocycles. The maximum Gasteiger partial charge on any atom is 0.428 e. The van der Waals surface area contributed by atoms with Crippen molar-refractivity contribution in [1.82, 2.24) is 10.5 Å². The molecule has 0 aromatic heterocycles. The van der Waals surface area contributed by atoms with E-state index < -0.39 is 11.1 Å². The smallest absolute Gasteiger partial charge is 0.428 e. The number of rotatable bonds is 2. The highest BCUT2D eigenvalue weighted by Crippen LogP contribution is 1.76. The van der Waals surface area contributed by atoms with Crippen molar-refractivity contribution in [2.75, 3.05) is 0 Å². The van der Waals surface area contributed by atoms with Crippen LogP contribution in [0.2, 0.25) is 0 Å². The Morgan fingerprint density at radius 1 is 1.90 bits per heavy atom. The predicted molar refractivity (Wildman–Crippen MR) is 25.6 cm³/mol. The second-order valence-electron chi connectivity index (χ2n) is 1.07. The zero-order valence-corrected chi connectivity index (χ0v) is 4.51. The zero-order chi connectivity index (χ0) is 8.15. The lowest BCUT2D eigenvalue weighted by atomic mass is 11.2. The van der Waals surface area contributed by atoms with Crippen molar-refractivity contribution in [3.05, 3.63) is 10.1 Å². The maximum atomic E-state index is 9.66. The molecule has 0 spiro atoms. The van der Waals surface area contributed by atoms with Crippen LogP contribution in [-0.4, -0.2) is 21.3 Å². The Bertz CT molecular complexity index is 194. The molecule has 0 aromatic rings. The highest BCUT2D eigenvalue weighted by molar-refractivity contribution is 5.63. The lowest BCUT2D eigenvalue weighted by molar-refractivity contribution is -0.646. The van der Waals surface area contributed by atoms with Gasteiger partial charge in [0.05, 0.1) is 5.12 Å². The van der Waals surface area contributed by atoms with Gasteiger partial charge < -0.3 is 5.11 Å². The van der Waals surface area contributed by atoms with Crippen molar-refractivity contribution in [3.63, 3.8) is 0 Å². The van der Waals surface area contributed by atoms with Gasteiger partial charge in [0, 0.05) is 0 Å². The summed E-state index contributed by atoms with van der Waals surface area (Å²) in [6.07, 6.45) is -0.693. The van der Waals surface area contributed by atoms with Crippen molar-refractivity contribution < 1.29 is 14.9 Å². The number of nitrogens with one attached hydrogen (secondary N) is 1. The minimum Gasteiger partial charge on any atom is -0.464 e. The van der Waals surface area contributed by atoms with Crippen LogP contribution in [0.5, 0.6) is 0 Å². The Morgan fingerprint density at radius 3 is 2.50 bits per heavy atom. The van der Waals surface area contributed by atoms with Crippen molar-refractivity contribution in [3.8, 4) is 6.19 Å². The molecule has 8 heteroatoms. The largest absolute Gasteiger partial charge is 0.464 e. The van der Waals surface area contributed by atoms with Gasteiger partial charge in [0.15, 0.2) is 5.03 Å². The van der Waals surface area contributed by atoms with Gasteiger partial charge in [-0.1, -0.05) is 0 Å². The zero-order valence-electron chi connectivity index (χ0n) is 4.51. The topological polar surface area (TPSA) is 120 Å². The van der Waals surface area contributed by atoms with Crippen molar-refractivity contribution >= 4 is 6.09 Å². The number of amides is 1. The molecular weight excluding hydrogens is 144 g/mol. The van der Waals surface area contributed by atoms with E-state index in [0.29, 0.717) is 0 Å². The van der Waals surface area contributed by atoms with Gasteiger partial charge >= 0.3 is 6.09 Å². The van der Waals surface area contributed by atoms with E-state index in [1.54, 1.807) is 0 Å². The van der Waals surface area contributed by atoms with Crippen LogP contribution in [0.3, 0.4) is 0 Å². The molecule has 0 aliphatic rings. The number of carboxylic acid groups (broad SMARTS) is 1. The molecule has 8 nitrogen and oxygen atoms in total. The van der Waals surface area contributed by atoms with E-state index in [9.17, 15) is 14.9 Å². The van der Waals surface area contributed by atoms with Crippen LogP contribution in [-0.2, 0) is 0 Å². The number of hydrogen-bond acceptors (Lipinski definition) is 4. The van der Waals surface area contributed by atoms with E-state index in [2.05, 4.69) is 0 Å². The number of hydrogen-bond donors (Lipinski definition) is 2. The normalized spacial score (nSPS) is 7.50. The summed E-state index contributed by atoms with van der Waals surface area (Å²) in [4.78, 5) is 19.3. The molecule has 0 atom stereocenters. The third-order valence-electron chi connectivity index (χ3n) is 0.460. The van der Waals surface area contributed by atoms with E-state index in [4.69, 9.17) is 10.4 Å². The first-order chi connectivity index (χ1) is 4.57. The van der Waals surface area contributed by atoms with E-state index in [-0.39, 0.29) is 5.12 Å². The van der Waals surface area contributed by atoms with Gasteiger partial charge in [-0.05, 0) is 0 Å². The second-order valence-corrected chi connectivity index (χ2v) is 1.07. The third kappa shape index (κ3) is 2.31. The molecule has 1 amide bonds. The van der Waals surface area contributed by atoms with Crippen molar-refractivity contribution in [1.29, 1.82) is 5.26 Å². The fourth-order valence-corrected chi connectivity index (χ4v) is 0.193. The van der Waals surface area contributed by atoms with E-state index in [1.165, 1.54) is 5.43 Å². The molecule has 0 aromatic carbocycles. The van der Waals surface area contributed by atoms with Gasteiger partial charge in [-0.15, -0.1) is 0 Å². The summed E-state index contributed by atoms with van der Waals surface area (Å²) in [5, 5.41) is 23.8. The predicted octanol–water partition coefficient (Wildman–Crippen LogP) is -0.856. The van der Waals surface area contributed by atoms with Gasteiger partial charge in [0.1, 0.15) is 0 Å². The third-order valence-corrected chi connectivity index (χ3v) is 0.460. The summed E-state index contributed by atoms with van der Waals surface area (Å²) in [7, 11) is 0. The molecule has 0 saturated heterocycles. The average Bonchev–Trinajstić information content (AvgIpc) is 1.81. The monoisotopic (exact) mass is 146 g/mol. The Balaban J connectivity index is 4.00. The number of hydrazine groups is 2. The second kappa shape index (κ2) is 3.08. The van der Waals surface area contributed by atoms with Gasteiger partial charge in [0.25, 0.3) is 6.19 Å². The van der Waals surface area contributed by atoms with Crippen LogP contribution in [0.15, 0.2) is 0 Å². The van der Waals surface area contributed by atoms with Gasteiger partial charge in [0.2, 0.25) is 0 Å². The lowest BCUT2D eigenvalue weighted by Gasteiger charge is -2.00. The minimum absolute atomic E-state index is 0.331. The number of nitrogens with zero attached hydrogens (tertiary/aromatic N) is 3. The van der Waals surface area contributed by atoms with Crippen LogP contribution in [0, 0.1) is 21.6 Å². The summed E-state index contributed by atoms with van der Waals surface area (Å²) < 4.78 is 0. The molecule has 0 bridgehead atoms. The highest BCUT2D eigenvalue weighted by Gasteiger charge is 2.14. The Labute approximate surface area is 54.4 Å². The van der Waals surface area contributed by atoms with Crippen molar-refractivity contribution in [2.24, 2.45) is 0 Å². The number of carbonyl (C=O) groups is 1. The Kier molecular flexibility index (Phi) is 2.45. The van der Waals surface area contributed by atoms with Crippen LogP contribution < -0.4 is 5.43 Å². The lowest BCUT2D eigenvalue weighted by Crippen LogP contribution is -2.41. The van der Waals surface area contributed by atoms with Crippen LogP contribution in [0.4, 0.5) is 4.79 Å². The van der Waals surface area contributed by atoms with Gasteiger partial charge in [-0.2, -0.15) is 10.7 Å². The average molecular weight is 146 g/mol. The molecule has 0 aliphatic carbocycles. The van der Waals surface area contributed by atoms with E-state index >= 15 is 0 Å². The molecule has 0 fully saturated rings. The quantitative estimate of drug-likeness (QED) is 0.226. The molecule has 54 valence electrons. The minimum atomic E-state index is -1.67. The summed E-state index contributed by atoms with van der Waals surface area (Å²) in [6.45, 7) is 0. The highest BCUT2D eigenvalue weighted by atomic mass is 16.7. The molecule has 10 heavy (non-hydrogen) atoms. The van der Waals surface area contributed by atoms with Gasteiger partial charge in [-0.25, -0.2) is 14.9 Å². The van der Waals surface area contributed by atoms with E-state index in [0.717, 1.165) is 6.19 Å². The molecule has 0 radical (unpaired) electrons. The molecule has 2 N–H and O–H groups in total. The maximum absolute atomic E-state index is 9.66. The SMILES string of the molecule is N#CN(NC(=O)O)[N+](=O)[O-]. The molecule has 0 rings (SSSR count). The summed E-state index contributed by atoms with van der Waals surface area (Å²) in [5.74, 6) is 0. The fourth-order valence-electron chi connectivity index (χ4n) is 0.193. The standard InChI is InChI=1S/C2H2N4O4/c3-1-5(6(9)10)4-2(7)8/h4H,(H,7,8). The molecule has 0 heterocycles. The first-order valence-electron chi connectivity index (χ1n) is 1.91. The van der Waals surface area contributed by atoms with Crippen LogP contribution in [0.25, 0.3) is 0 Å². The van der Waals surface area contributed by atoms with Gasteiger partial charge in [-0.3, -0.25) is 0 Å². The Hall–Kier alpha value is -2.04. The Morgan fingerprint density at radius 2 is 2.40 bits per heavy atom. The first-order valence-corrected chi connectivity index (χ1v) is 1.91. The molecular formula is C2H2N4O4. The van der Waals surface area contributed by atoms with Crippen LogP contribution >= 0.6 is 0 Å². The number of nitro groups is 1. The first kappa shape index (κ1) is 7.96. The number of nitriles is 1. The summed E-state index contributed by atoms with van der Waals surface area (Å²) in [5.41, 5.74) is 1.22.